The van der Waals surface area contributed by atoms with Crippen LogP contribution in [-0.4, -0.2) is 0 Å². The van der Waals surface area contributed by atoms with Gasteiger partial charge in [0.05, 0.1) is 0 Å². The van der Waals surface area contributed by atoms with Crippen LogP contribution in [-0.2, 0) is 12.8 Å². The molecule has 0 nitrogen and oxygen atoms in total. The molecule has 0 atom stereocenters. The average Bonchev–Trinajstić information content (AvgIpc) is 2.55. The highest BCUT2D eigenvalue weighted by atomic mass is 14.0. The van der Waals surface area contributed by atoms with E-state index in [0.29, 0.717) is 0 Å². The van der Waals surface area contributed by atoms with E-state index in [9.17, 15) is 0 Å². The third-order valence-corrected chi connectivity index (χ3v) is 4.43. The van der Waals surface area contributed by atoms with Crippen LogP contribution in [0.5, 0.6) is 0 Å². The van der Waals surface area contributed by atoms with Crippen molar-refractivity contribution >= 4 is 0 Å². The van der Waals surface area contributed by atoms with Crippen molar-refractivity contribution in [3.05, 3.63) is 48.0 Å². The number of hydrogen-bond acceptors (Lipinski definition) is 0. The minimum Gasteiger partial charge on any atom is -0.0845 e. The molecule has 0 amide bonds. The summed E-state index contributed by atoms with van der Waals surface area (Å²) in [6.07, 6.45) is 18.8. The molecule has 0 aliphatic heterocycles. The van der Waals surface area contributed by atoms with Crippen molar-refractivity contribution < 1.29 is 0 Å². The second-order valence-electron chi connectivity index (χ2n) is 6.52. The predicted octanol–water partition coefficient (Wildman–Crippen LogP) is 7.07. The molecule has 0 saturated heterocycles. The van der Waals surface area contributed by atoms with Gasteiger partial charge in [-0.25, -0.2) is 0 Å². The first kappa shape index (κ1) is 19.0. The van der Waals surface area contributed by atoms with E-state index in [1.165, 1.54) is 88.2 Å². The fraction of sp³-hybridized carbons (Fsp3) is 0.636. The standard InChI is InChI=1S/C22H35/c1-3-5-7-9-11-13-15-21-17-19-22(20-18-21)16-14-12-10-8-6-4-2/h1,3,17-20H,4-16H2,2H3. The molecule has 1 radical (unpaired) electrons. The molecular formula is C22H35. The molecule has 0 saturated carbocycles. The predicted molar refractivity (Wildman–Crippen MR) is 99.2 cm³/mol. The van der Waals surface area contributed by atoms with Gasteiger partial charge in [-0.2, -0.15) is 0 Å². The van der Waals surface area contributed by atoms with Crippen molar-refractivity contribution in [2.75, 3.05) is 0 Å². The molecule has 1 aromatic carbocycles. The van der Waals surface area contributed by atoms with Gasteiger partial charge in [-0.1, -0.05) is 88.8 Å². The molecule has 1 aromatic rings. The quantitative estimate of drug-likeness (QED) is 0.322. The number of rotatable bonds is 14. The van der Waals surface area contributed by atoms with Crippen LogP contribution in [0, 0.1) is 6.58 Å². The first-order chi connectivity index (χ1) is 10.9. The zero-order valence-corrected chi connectivity index (χ0v) is 14.7. The Balaban J connectivity index is 2.08. The number of hydrogen-bond donors (Lipinski definition) is 0. The summed E-state index contributed by atoms with van der Waals surface area (Å²) < 4.78 is 0. The Morgan fingerprint density at radius 1 is 0.682 bits per heavy atom. The van der Waals surface area contributed by atoms with Gasteiger partial charge < -0.3 is 0 Å². The smallest absolute Gasteiger partial charge is 0.0279 e. The number of aryl methyl sites for hydroxylation is 2. The summed E-state index contributed by atoms with van der Waals surface area (Å²) in [5.74, 6) is 0. The lowest BCUT2D eigenvalue weighted by Crippen LogP contribution is -1.90. The summed E-state index contributed by atoms with van der Waals surface area (Å²) in [7, 11) is 0. The molecule has 0 fully saturated rings. The molecule has 0 spiro atoms. The van der Waals surface area contributed by atoms with Crippen molar-refractivity contribution in [3.8, 4) is 0 Å². The zero-order chi connectivity index (χ0) is 15.9. The minimum atomic E-state index is 1.06. The van der Waals surface area contributed by atoms with Gasteiger partial charge in [0.2, 0.25) is 0 Å². The van der Waals surface area contributed by atoms with Crippen molar-refractivity contribution in [2.24, 2.45) is 0 Å². The van der Waals surface area contributed by atoms with Crippen LogP contribution in [0.3, 0.4) is 0 Å². The maximum atomic E-state index is 5.39. The largest absolute Gasteiger partial charge is 0.0845 e. The highest BCUT2D eigenvalue weighted by Crippen LogP contribution is 2.13. The van der Waals surface area contributed by atoms with Crippen LogP contribution >= 0.6 is 0 Å². The van der Waals surface area contributed by atoms with E-state index in [2.05, 4.69) is 31.2 Å². The van der Waals surface area contributed by atoms with E-state index in [-0.39, 0.29) is 0 Å². The Morgan fingerprint density at radius 3 is 1.64 bits per heavy atom. The molecule has 1 rings (SSSR count). The Morgan fingerprint density at radius 2 is 1.14 bits per heavy atom. The molecular weight excluding hydrogens is 264 g/mol. The third-order valence-electron chi connectivity index (χ3n) is 4.43. The molecule has 123 valence electrons. The van der Waals surface area contributed by atoms with Gasteiger partial charge in [0.25, 0.3) is 0 Å². The van der Waals surface area contributed by atoms with E-state index in [1.807, 2.05) is 0 Å². The van der Waals surface area contributed by atoms with Crippen LogP contribution < -0.4 is 0 Å². The minimum absolute atomic E-state index is 1.06. The van der Waals surface area contributed by atoms with E-state index in [4.69, 9.17) is 6.58 Å². The summed E-state index contributed by atoms with van der Waals surface area (Å²) >= 11 is 0. The van der Waals surface area contributed by atoms with Gasteiger partial charge in [0.1, 0.15) is 0 Å². The first-order valence-corrected chi connectivity index (χ1v) is 9.48. The van der Waals surface area contributed by atoms with Gasteiger partial charge in [-0.15, -0.1) is 0 Å². The Bertz CT molecular complexity index is 360. The molecule has 0 aromatic heterocycles. The monoisotopic (exact) mass is 299 g/mol. The van der Waals surface area contributed by atoms with Crippen LogP contribution in [0.1, 0.15) is 88.7 Å². The lowest BCUT2D eigenvalue weighted by Gasteiger charge is -2.05. The molecule has 0 N–H and O–H groups in total. The topological polar surface area (TPSA) is 0 Å². The molecule has 0 aliphatic carbocycles. The summed E-state index contributed by atoms with van der Waals surface area (Å²) in [5, 5.41) is 0. The van der Waals surface area contributed by atoms with Gasteiger partial charge in [0, 0.05) is 0 Å². The van der Waals surface area contributed by atoms with E-state index in [1.54, 1.807) is 6.08 Å². The lowest BCUT2D eigenvalue weighted by molar-refractivity contribution is 0.607. The molecule has 0 heteroatoms. The maximum Gasteiger partial charge on any atom is -0.0279 e. The van der Waals surface area contributed by atoms with Crippen LogP contribution in [0.4, 0.5) is 0 Å². The normalized spacial score (nSPS) is 10.8. The van der Waals surface area contributed by atoms with Gasteiger partial charge >= 0.3 is 0 Å². The molecule has 22 heavy (non-hydrogen) atoms. The zero-order valence-electron chi connectivity index (χ0n) is 14.7. The summed E-state index contributed by atoms with van der Waals surface area (Å²) in [6, 6.07) is 9.34. The second kappa shape index (κ2) is 13.6. The fourth-order valence-corrected chi connectivity index (χ4v) is 2.93. The molecule has 0 bridgehead atoms. The van der Waals surface area contributed by atoms with Crippen molar-refractivity contribution in [1.29, 1.82) is 0 Å². The number of allylic oxidation sites excluding steroid dienone is 1. The van der Waals surface area contributed by atoms with Gasteiger partial charge in [0.15, 0.2) is 0 Å². The molecule has 0 unspecified atom stereocenters. The summed E-state index contributed by atoms with van der Waals surface area (Å²) in [4.78, 5) is 0. The van der Waals surface area contributed by atoms with Crippen LogP contribution in [0.2, 0.25) is 0 Å². The summed E-state index contributed by atoms with van der Waals surface area (Å²) in [6.45, 7) is 7.67. The lowest BCUT2D eigenvalue weighted by atomic mass is 10.0. The SMILES string of the molecule is [CH]=CCCCCCCc1ccc(CCCCCCCC)cc1. The third kappa shape index (κ3) is 9.82. The molecule has 0 heterocycles. The summed E-state index contributed by atoms with van der Waals surface area (Å²) in [5.41, 5.74) is 3.01. The Labute approximate surface area is 139 Å². The number of benzene rings is 1. The van der Waals surface area contributed by atoms with Crippen molar-refractivity contribution in [3.63, 3.8) is 0 Å². The Hall–Kier alpha value is -1.04. The van der Waals surface area contributed by atoms with Crippen LogP contribution in [0.15, 0.2) is 30.3 Å². The van der Waals surface area contributed by atoms with Gasteiger partial charge in [-0.3, -0.25) is 0 Å². The van der Waals surface area contributed by atoms with E-state index >= 15 is 0 Å². The molecule has 0 aliphatic rings. The first-order valence-electron chi connectivity index (χ1n) is 9.48. The average molecular weight is 300 g/mol. The van der Waals surface area contributed by atoms with E-state index in [0.717, 1.165) is 6.42 Å². The maximum absolute atomic E-state index is 5.39. The highest BCUT2D eigenvalue weighted by molar-refractivity contribution is 5.22. The van der Waals surface area contributed by atoms with Crippen LogP contribution in [0.25, 0.3) is 0 Å². The second-order valence-corrected chi connectivity index (χ2v) is 6.52. The highest BCUT2D eigenvalue weighted by Gasteiger charge is 1.97. The fourth-order valence-electron chi connectivity index (χ4n) is 2.93. The Kier molecular flexibility index (Phi) is 11.8. The van der Waals surface area contributed by atoms with Gasteiger partial charge in [-0.05, 0) is 49.7 Å². The van der Waals surface area contributed by atoms with E-state index < -0.39 is 0 Å². The van der Waals surface area contributed by atoms with Crippen molar-refractivity contribution in [1.82, 2.24) is 0 Å². The number of unbranched alkanes of at least 4 members (excludes halogenated alkanes) is 9. The van der Waals surface area contributed by atoms with Crippen molar-refractivity contribution in [2.45, 2.75) is 90.4 Å².